The van der Waals surface area contributed by atoms with E-state index in [2.05, 4.69) is 4.98 Å². The van der Waals surface area contributed by atoms with Crippen LogP contribution in [0.4, 0.5) is 0 Å². The van der Waals surface area contributed by atoms with Crippen LogP contribution in [0.3, 0.4) is 0 Å². The highest BCUT2D eigenvalue weighted by Gasteiger charge is 2.31. The van der Waals surface area contributed by atoms with E-state index in [1.165, 1.54) is 4.41 Å². The van der Waals surface area contributed by atoms with Gasteiger partial charge in [0, 0.05) is 13.1 Å². The molecule has 1 fully saturated rings. The van der Waals surface area contributed by atoms with Crippen LogP contribution in [0, 0.1) is 0 Å². The summed E-state index contributed by atoms with van der Waals surface area (Å²) in [6.07, 6.45) is 1.68. The van der Waals surface area contributed by atoms with Gasteiger partial charge in [-0.1, -0.05) is 30.3 Å². The van der Waals surface area contributed by atoms with Crippen LogP contribution in [0.2, 0.25) is 0 Å². The van der Waals surface area contributed by atoms with E-state index in [1.807, 2.05) is 39.9 Å². The maximum absolute atomic E-state index is 13.3. The summed E-state index contributed by atoms with van der Waals surface area (Å²) < 4.78 is 35.3. The van der Waals surface area contributed by atoms with Gasteiger partial charge in [-0.25, -0.2) is 18.4 Å². The molecule has 0 bridgehead atoms. The summed E-state index contributed by atoms with van der Waals surface area (Å²) in [5, 5.41) is 1.83. The molecule has 0 aliphatic carbocycles. The number of morpholine rings is 1. The predicted molar refractivity (Wildman–Crippen MR) is 97.6 cm³/mol. The fourth-order valence-corrected chi connectivity index (χ4v) is 4.55. The standard InChI is InChI=1S/C18H20N4O3S/c23-26(24,16-6-2-1-3-7-16)22(21-10-12-25-13-11-21)15-20-14-19-17-8-4-5-9-18(17)20/h1-9,14H,10-13,15H2. The van der Waals surface area contributed by atoms with Crippen molar-refractivity contribution < 1.29 is 13.2 Å². The average molecular weight is 372 g/mol. The molecule has 0 unspecified atom stereocenters. The minimum atomic E-state index is -3.69. The molecule has 0 N–H and O–H groups in total. The number of imidazole rings is 1. The highest BCUT2D eigenvalue weighted by molar-refractivity contribution is 7.89. The Kier molecular flexibility index (Phi) is 4.73. The molecule has 1 saturated heterocycles. The highest BCUT2D eigenvalue weighted by atomic mass is 32.2. The first-order chi connectivity index (χ1) is 12.7. The van der Waals surface area contributed by atoms with E-state index in [1.54, 1.807) is 30.6 Å². The summed E-state index contributed by atoms with van der Waals surface area (Å²) >= 11 is 0. The molecule has 0 saturated carbocycles. The number of sulfonamides is 1. The zero-order chi connectivity index (χ0) is 18.0. The van der Waals surface area contributed by atoms with Gasteiger partial charge in [-0.15, -0.1) is 4.41 Å². The molecule has 8 heteroatoms. The summed E-state index contributed by atoms with van der Waals surface area (Å²) in [7, 11) is -3.69. The SMILES string of the molecule is O=S(=O)(c1ccccc1)N(Cn1cnc2ccccc21)N1CCOCC1. The summed E-state index contributed by atoms with van der Waals surface area (Å²) in [6, 6.07) is 16.2. The third-order valence-corrected chi connectivity index (χ3v) is 6.19. The van der Waals surface area contributed by atoms with Gasteiger partial charge in [0.1, 0.15) is 6.67 Å². The minimum absolute atomic E-state index is 0.164. The fraction of sp³-hybridized carbons (Fsp3) is 0.278. The Bertz CT molecular complexity index is 982. The second-order valence-electron chi connectivity index (χ2n) is 6.05. The quantitative estimate of drug-likeness (QED) is 0.685. The zero-order valence-corrected chi connectivity index (χ0v) is 15.0. The number of nitrogens with zero attached hydrogens (tertiary/aromatic N) is 4. The number of hydrogen-bond acceptors (Lipinski definition) is 5. The van der Waals surface area contributed by atoms with Gasteiger partial charge in [-0.3, -0.25) is 0 Å². The monoisotopic (exact) mass is 372 g/mol. The van der Waals surface area contributed by atoms with E-state index < -0.39 is 10.0 Å². The van der Waals surface area contributed by atoms with Crippen LogP contribution in [-0.4, -0.2) is 53.7 Å². The zero-order valence-electron chi connectivity index (χ0n) is 14.2. The van der Waals surface area contributed by atoms with Gasteiger partial charge in [0.15, 0.2) is 0 Å². The molecular formula is C18H20N4O3S. The lowest BCUT2D eigenvalue weighted by Gasteiger charge is -2.36. The van der Waals surface area contributed by atoms with Crippen LogP contribution >= 0.6 is 0 Å². The Balaban J connectivity index is 1.73. The molecule has 26 heavy (non-hydrogen) atoms. The van der Waals surface area contributed by atoms with Gasteiger partial charge in [0.05, 0.1) is 35.5 Å². The van der Waals surface area contributed by atoms with Gasteiger partial charge < -0.3 is 9.30 Å². The maximum atomic E-state index is 13.3. The molecule has 136 valence electrons. The van der Waals surface area contributed by atoms with E-state index >= 15 is 0 Å². The molecule has 1 aliphatic heterocycles. The number of rotatable bonds is 5. The molecule has 1 aromatic heterocycles. The van der Waals surface area contributed by atoms with Crippen molar-refractivity contribution in [3.63, 3.8) is 0 Å². The van der Waals surface area contributed by atoms with Crippen molar-refractivity contribution in [2.45, 2.75) is 11.6 Å². The molecule has 3 aromatic rings. The van der Waals surface area contributed by atoms with Gasteiger partial charge >= 0.3 is 0 Å². The van der Waals surface area contributed by atoms with Gasteiger partial charge in [-0.05, 0) is 24.3 Å². The van der Waals surface area contributed by atoms with Crippen molar-refractivity contribution in [3.05, 3.63) is 60.9 Å². The normalized spacial score (nSPS) is 16.3. The number of ether oxygens (including phenoxy) is 1. The van der Waals surface area contributed by atoms with E-state index in [0.717, 1.165) is 11.0 Å². The van der Waals surface area contributed by atoms with Crippen LogP contribution in [0.1, 0.15) is 0 Å². The van der Waals surface area contributed by atoms with Crippen LogP contribution in [-0.2, 0) is 21.4 Å². The topological polar surface area (TPSA) is 67.7 Å². The molecule has 0 radical (unpaired) electrons. The maximum Gasteiger partial charge on any atom is 0.257 e. The average Bonchev–Trinajstić information content (AvgIpc) is 3.10. The number of aromatic nitrogens is 2. The van der Waals surface area contributed by atoms with E-state index in [4.69, 9.17) is 4.74 Å². The molecular weight excluding hydrogens is 352 g/mol. The second-order valence-corrected chi connectivity index (χ2v) is 7.89. The van der Waals surface area contributed by atoms with E-state index in [9.17, 15) is 8.42 Å². The number of benzene rings is 2. The van der Waals surface area contributed by atoms with Crippen LogP contribution < -0.4 is 0 Å². The molecule has 0 atom stereocenters. The molecule has 0 amide bonds. The number of fused-ring (bicyclic) bond motifs is 1. The Hall–Kier alpha value is -2.26. The first-order valence-corrected chi connectivity index (χ1v) is 9.90. The third-order valence-electron chi connectivity index (χ3n) is 4.42. The minimum Gasteiger partial charge on any atom is -0.379 e. The molecule has 4 rings (SSSR count). The van der Waals surface area contributed by atoms with Crippen molar-refractivity contribution in [3.8, 4) is 0 Å². The summed E-state index contributed by atoms with van der Waals surface area (Å²) in [6.45, 7) is 2.23. The second kappa shape index (κ2) is 7.16. The highest BCUT2D eigenvalue weighted by Crippen LogP contribution is 2.21. The number of hydrazine groups is 1. The summed E-state index contributed by atoms with van der Waals surface area (Å²) in [5.41, 5.74) is 1.74. The van der Waals surface area contributed by atoms with Crippen molar-refractivity contribution in [2.24, 2.45) is 0 Å². The summed E-state index contributed by atoms with van der Waals surface area (Å²) in [5.74, 6) is 0. The van der Waals surface area contributed by atoms with Crippen LogP contribution in [0.25, 0.3) is 11.0 Å². The number of hydrogen-bond donors (Lipinski definition) is 0. The van der Waals surface area contributed by atoms with E-state index in [0.29, 0.717) is 26.3 Å². The molecule has 2 heterocycles. The van der Waals surface area contributed by atoms with Crippen LogP contribution in [0.15, 0.2) is 65.8 Å². The van der Waals surface area contributed by atoms with Crippen molar-refractivity contribution in [1.29, 1.82) is 0 Å². The lowest BCUT2D eigenvalue weighted by Crippen LogP contribution is -2.51. The number of para-hydroxylation sites is 2. The summed E-state index contributed by atoms with van der Waals surface area (Å²) in [4.78, 5) is 4.64. The van der Waals surface area contributed by atoms with Gasteiger partial charge in [0.25, 0.3) is 10.0 Å². The molecule has 0 spiro atoms. The van der Waals surface area contributed by atoms with Crippen LogP contribution in [0.5, 0.6) is 0 Å². The van der Waals surface area contributed by atoms with Crippen molar-refractivity contribution in [1.82, 2.24) is 19.0 Å². The first kappa shape index (κ1) is 17.2. The lowest BCUT2D eigenvalue weighted by atomic mass is 10.3. The van der Waals surface area contributed by atoms with Gasteiger partial charge in [-0.2, -0.15) is 0 Å². The predicted octanol–water partition coefficient (Wildman–Crippen LogP) is 1.93. The van der Waals surface area contributed by atoms with Gasteiger partial charge in [0.2, 0.25) is 0 Å². The first-order valence-electron chi connectivity index (χ1n) is 8.46. The van der Waals surface area contributed by atoms with Crippen molar-refractivity contribution >= 4 is 21.1 Å². The van der Waals surface area contributed by atoms with E-state index in [-0.39, 0.29) is 11.6 Å². The Morgan fingerprint density at radius 1 is 1.00 bits per heavy atom. The Labute approximate surface area is 152 Å². The Morgan fingerprint density at radius 3 is 2.46 bits per heavy atom. The Morgan fingerprint density at radius 2 is 1.69 bits per heavy atom. The van der Waals surface area contributed by atoms with Crippen molar-refractivity contribution in [2.75, 3.05) is 26.3 Å². The molecule has 2 aromatic carbocycles. The largest absolute Gasteiger partial charge is 0.379 e. The smallest absolute Gasteiger partial charge is 0.257 e. The lowest BCUT2D eigenvalue weighted by molar-refractivity contribution is -0.0535. The fourth-order valence-electron chi connectivity index (χ4n) is 3.06. The molecule has 1 aliphatic rings. The molecule has 7 nitrogen and oxygen atoms in total. The third kappa shape index (κ3) is 3.24.